The summed E-state index contributed by atoms with van der Waals surface area (Å²) in [5.74, 6) is 0.812. The van der Waals surface area contributed by atoms with Crippen LogP contribution < -0.4 is 5.32 Å². The van der Waals surface area contributed by atoms with Crippen molar-refractivity contribution in [2.24, 2.45) is 0 Å². The highest BCUT2D eigenvalue weighted by Crippen LogP contribution is 2.18. The minimum Gasteiger partial charge on any atom is -0.340 e. The van der Waals surface area contributed by atoms with E-state index in [2.05, 4.69) is 15.8 Å². The van der Waals surface area contributed by atoms with E-state index in [1.54, 1.807) is 0 Å². The molecule has 0 aliphatic rings. The minimum atomic E-state index is 0.732. The Morgan fingerprint density at radius 2 is 2.08 bits per heavy atom. The molecule has 0 aliphatic carbocycles. The normalized spacial score (nSPS) is 9.92. The molecule has 2 rings (SSSR count). The molecule has 65 valence electrons. The van der Waals surface area contributed by atoms with Crippen LogP contribution in [0.2, 0.25) is 5.02 Å². The van der Waals surface area contributed by atoms with Gasteiger partial charge >= 0.3 is 0 Å². The Kier molecular flexibility index (Phi) is 2.47. The SMILES string of the molecule is Clc1ccc(Nc2cs[c]n2)cc1. The van der Waals surface area contributed by atoms with Crippen LogP contribution >= 0.6 is 22.9 Å². The van der Waals surface area contributed by atoms with Crippen molar-refractivity contribution in [3.8, 4) is 0 Å². The topological polar surface area (TPSA) is 24.9 Å². The molecule has 0 saturated carbocycles. The van der Waals surface area contributed by atoms with Crippen LogP contribution in [0.1, 0.15) is 0 Å². The van der Waals surface area contributed by atoms with Crippen molar-refractivity contribution in [1.82, 2.24) is 4.98 Å². The molecule has 0 atom stereocenters. The van der Waals surface area contributed by atoms with E-state index in [-0.39, 0.29) is 0 Å². The Morgan fingerprint density at radius 1 is 1.31 bits per heavy atom. The Balaban J connectivity index is 2.15. The number of thiazole rings is 1. The molecule has 0 saturated heterocycles. The van der Waals surface area contributed by atoms with E-state index in [1.165, 1.54) is 11.3 Å². The highest BCUT2D eigenvalue weighted by molar-refractivity contribution is 7.07. The molecule has 0 unspecified atom stereocenters. The minimum absolute atomic E-state index is 0.732. The van der Waals surface area contributed by atoms with Gasteiger partial charge in [0.2, 0.25) is 0 Å². The van der Waals surface area contributed by atoms with E-state index in [0.29, 0.717) is 0 Å². The van der Waals surface area contributed by atoms with Gasteiger partial charge in [0.1, 0.15) is 5.82 Å². The zero-order valence-corrected chi connectivity index (χ0v) is 8.19. The summed E-state index contributed by atoms with van der Waals surface area (Å²) in [7, 11) is 0. The number of nitrogens with one attached hydrogen (secondary N) is 1. The fourth-order valence-corrected chi connectivity index (χ4v) is 1.48. The summed E-state index contributed by atoms with van der Waals surface area (Å²) in [6, 6.07) is 7.48. The molecule has 2 nitrogen and oxygen atoms in total. The Morgan fingerprint density at radius 3 is 2.69 bits per heavy atom. The van der Waals surface area contributed by atoms with Crippen LogP contribution in [0, 0.1) is 5.51 Å². The molecule has 0 aliphatic heterocycles. The number of nitrogens with zero attached hydrogens (tertiary/aromatic N) is 1. The van der Waals surface area contributed by atoms with Gasteiger partial charge in [0.25, 0.3) is 0 Å². The smallest absolute Gasteiger partial charge is 0.154 e. The molecule has 13 heavy (non-hydrogen) atoms. The molecule has 0 amide bonds. The molecule has 1 radical (unpaired) electrons. The van der Waals surface area contributed by atoms with Crippen molar-refractivity contribution in [2.75, 3.05) is 5.32 Å². The van der Waals surface area contributed by atoms with E-state index in [9.17, 15) is 0 Å². The molecule has 0 spiro atoms. The predicted octanol–water partition coefficient (Wildman–Crippen LogP) is 3.34. The van der Waals surface area contributed by atoms with Crippen LogP contribution in [0.15, 0.2) is 29.6 Å². The maximum absolute atomic E-state index is 5.75. The van der Waals surface area contributed by atoms with Gasteiger partial charge in [0.05, 0.1) is 0 Å². The van der Waals surface area contributed by atoms with Crippen LogP contribution in [0.3, 0.4) is 0 Å². The lowest BCUT2D eigenvalue weighted by Gasteiger charge is -2.01. The summed E-state index contributed by atoms with van der Waals surface area (Å²) >= 11 is 7.18. The number of aromatic nitrogens is 1. The number of hydrogen-bond donors (Lipinski definition) is 1. The molecule has 0 fully saturated rings. The van der Waals surface area contributed by atoms with Gasteiger partial charge in [-0.25, -0.2) is 4.98 Å². The zero-order chi connectivity index (χ0) is 9.10. The van der Waals surface area contributed by atoms with Crippen molar-refractivity contribution in [3.05, 3.63) is 40.2 Å². The first-order valence-electron chi connectivity index (χ1n) is 3.69. The summed E-state index contributed by atoms with van der Waals surface area (Å²) < 4.78 is 0. The van der Waals surface area contributed by atoms with Gasteiger partial charge in [-0.15, -0.1) is 11.3 Å². The molecule has 1 aromatic heterocycles. The van der Waals surface area contributed by atoms with Crippen LogP contribution in [-0.2, 0) is 0 Å². The Hall–Kier alpha value is -1.06. The van der Waals surface area contributed by atoms with Gasteiger partial charge in [-0.1, -0.05) is 11.6 Å². The molecular formula is C9H6ClN2S. The third-order valence-electron chi connectivity index (χ3n) is 1.51. The number of rotatable bonds is 2. The van der Waals surface area contributed by atoms with Gasteiger partial charge in [0.15, 0.2) is 5.51 Å². The standard InChI is InChI=1S/C9H6ClN2S/c10-7-1-3-8(4-2-7)12-9-5-13-6-11-9/h1-5,12H. The predicted molar refractivity (Wildman–Crippen MR) is 55.7 cm³/mol. The third kappa shape index (κ3) is 2.20. The number of hydrogen-bond acceptors (Lipinski definition) is 3. The van der Waals surface area contributed by atoms with E-state index >= 15 is 0 Å². The van der Waals surface area contributed by atoms with Crippen molar-refractivity contribution in [1.29, 1.82) is 0 Å². The van der Waals surface area contributed by atoms with Crippen molar-refractivity contribution in [3.63, 3.8) is 0 Å². The summed E-state index contributed by atoms with van der Waals surface area (Å²) in [6.45, 7) is 0. The highest BCUT2D eigenvalue weighted by atomic mass is 35.5. The Bertz CT molecular complexity index is 369. The van der Waals surface area contributed by atoms with E-state index in [0.717, 1.165) is 16.5 Å². The first kappa shape index (κ1) is 8.53. The van der Waals surface area contributed by atoms with E-state index in [1.807, 2.05) is 29.6 Å². The Labute approximate surface area is 85.2 Å². The largest absolute Gasteiger partial charge is 0.340 e. The second kappa shape index (κ2) is 3.77. The molecule has 0 bridgehead atoms. The molecule has 1 aromatic carbocycles. The summed E-state index contributed by atoms with van der Waals surface area (Å²) in [6.07, 6.45) is 0. The zero-order valence-electron chi connectivity index (χ0n) is 6.62. The first-order valence-corrected chi connectivity index (χ1v) is 4.94. The average molecular weight is 210 g/mol. The lowest BCUT2D eigenvalue weighted by atomic mass is 10.3. The van der Waals surface area contributed by atoms with Gasteiger partial charge in [-0.05, 0) is 24.3 Å². The fourth-order valence-electron chi connectivity index (χ4n) is 0.923. The average Bonchev–Trinajstić information content (AvgIpc) is 2.62. The maximum atomic E-state index is 5.75. The molecule has 1 N–H and O–H groups in total. The van der Waals surface area contributed by atoms with Crippen molar-refractivity contribution in [2.45, 2.75) is 0 Å². The van der Waals surface area contributed by atoms with Crippen molar-refractivity contribution < 1.29 is 0 Å². The molecule has 2 aromatic rings. The number of anilines is 2. The molecule has 4 heteroatoms. The summed E-state index contributed by atoms with van der Waals surface area (Å²) in [5.41, 5.74) is 3.74. The lowest BCUT2D eigenvalue weighted by molar-refractivity contribution is 1.37. The van der Waals surface area contributed by atoms with Gasteiger partial charge in [-0.3, -0.25) is 0 Å². The van der Waals surface area contributed by atoms with E-state index in [4.69, 9.17) is 11.6 Å². The van der Waals surface area contributed by atoms with Crippen LogP contribution in [0.4, 0.5) is 11.5 Å². The van der Waals surface area contributed by atoms with Crippen LogP contribution in [-0.4, -0.2) is 4.98 Å². The van der Waals surface area contributed by atoms with Gasteiger partial charge in [0, 0.05) is 16.1 Å². The second-order valence-corrected chi connectivity index (χ2v) is 3.55. The van der Waals surface area contributed by atoms with Gasteiger partial charge in [-0.2, -0.15) is 0 Å². The molecular weight excluding hydrogens is 204 g/mol. The second-order valence-electron chi connectivity index (χ2n) is 2.46. The highest BCUT2D eigenvalue weighted by Gasteiger charge is 1.95. The summed E-state index contributed by atoms with van der Waals surface area (Å²) in [5, 5.41) is 5.75. The van der Waals surface area contributed by atoms with Crippen molar-refractivity contribution >= 4 is 34.4 Å². The summed E-state index contributed by atoms with van der Waals surface area (Å²) in [4.78, 5) is 3.98. The monoisotopic (exact) mass is 209 g/mol. The number of benzene rings is 1. The quantitative estimate of drug-likeness (QED) is 0.821. The third-order valence-corrected chi connectivity index (χ3v) is 2.30. The molecule has 1 heterocycles. The fraction of sp³-hybridized carbons (Fsp3) is 0. The van der Waals surface area contributed by atoms with E-state index < -0.39 is 0 Å². The lowest BCUT2D eigenvalue weighted by Crippen LogP contribution is -1.88. The van der Waals surface area contributed by atoms with Crippen LogP contribution in [0.25, 0.3) is 0 Å². The first-order chi connectivity index (χ1) is 6.34. The maximum Gasteiger partial charge on any atom is 0.154 e. The van der Waals surface area contributed by atoms with Crippen LogP contribution in [0.5, 0.6) is 0 Å². The number of halogens is 1. The van der Waals surface area contributed by atoms with Gasteiger partial charge < -0.3 is 5.32 Å².